The van der Waals surface area contributed by atoms with Crippen molar-refractivity contribution in [3.8, 4) is 11.8 Å². The van der Waals surface area contributed by atoms with Gasteiger partial charge in [-0.25, -0.2) is 0 Å². The van der Waals surface area contributed by atoms with Crippen LogP contribution in [0, 0.1) is 21.4 Å². The topological polar surface area (TPSA) is 128 Å². The van der Waals surface area contributed by atoms with Crippen molar-refractivity contribution in [2.45, 2.75) is 0 Å². The third-order valence-corrected chi connectivity index (χ3v) is 3.31. The number of phenolic OH excluding ortho intramolecular Hbond substituents is 1. The fourth-order valence-electron chi connectivity index (χ4n) is 1.83. The van der Waals surface area contributed by atoms with Gasteiger partial charge in [0.05, 0.1) is 4.92 Å². The molecule has 25 heavy (non-hydrogen) atoms. The molecule has 9 heteroatoms. The highest BCUT2D eigenvalue weighted by Crippen LogP contribution is 2.27. The molecule has 0 unspecified atom stereocenters. The first kappa shape index (κ1) is 17.8. The van der Waals surface area contributed by atoms with E-state index < -0.39 is 10.8 Å². The van der Waals surface area contributed by atoms with Gasteiger partial charge in [0.15, 0.2) is 0 Å². The molecule has 0 saturated carbocycles. The number of benzene rings is 2. The number of anilines is 2. The first-order valence-electron chi connectivity index (χ1n) is 6.82. The predicted octanol–water partition coefficient (Wildman–Crippen LogP) is 3.41. The first-order chi connectivity index (χ1) is 11.9. The molecule has 3 N–H and O–H groups in total. The summed E-state index contributed by atoms with van der Waals surface area (Å²) in [4.78, 5) is 22.3. The van der Waals surface area contributed by atoms with Gasteiger partial charge in [0.1, 0.15) is 22.4 Å². The maximum absolute atomic E-state index is 12.1. The molecule has 1 amide bonds. The number of carbonyl (C=O) groups excluding carboxylic acids is 1. The van der Waals surface area contributed by atoms with Gasteiger partial charge in [0, 0.05) is 29.7 Å². The van der Waals surface area contributed by atoms with Crippen molar-refractivity contribution in [1.29, 1.82) is 5.26 Å². The van der Waals surface area contributed by atoms with E-state index >= 15 is 0 Å². The molecular weight excluding hydrogens is 348 g/mol. The van der Waals surface area contributed by atoms with Crippen molar-refractivity contribution in [3.63, 3.8) is 0 Å². The Morgan fingerprint density at radius 2 is 2.04 bits per heavy atom. The van der Waals surface area contributed by atoms with E-state index in [1.54, 1.807) is 18.2 Å². The lowest BCUT2D eigenvalue weighted by molar-refractivity contribution is -0.384. The Bertz CT molecular complexity index is 905. The quantitative estimate of drug-likeness (QED) is 0.325. The summed E-state index contributed by atoms with van der Waals surface area (Å²) in [6.07, 6.45) is 1.16. The number of hydrogen-bond donors (Lipinski definition) is 3. The fraction of sp³-hybridized carbons (Fsp3) is 0. The van der Waals surface area contributed by atoms with Crippen LogP contribution in [0.2, 0.25) is 5.02 Å². The Kier molecular flexibility index (Phi) is 5.55. The number of nitro groups is 1. The smallest absolute Gasteiger partial charge is 0.289 e. The standard InChI is InChI=1S/C16H11ClN4O4/c17-14-5-4-12(7-15(14)21(24)25)20-16(23)10(8-18)9-19-11-2-1-3-13(22)6-11/h1-7,9,19,22H,(H,20,23)/b10-9-. The van der Waals surface area contributed by atoms with Crippen molar-refractivity contribution >= 4 is 34.6 Å². The Morgan fingerprint density at radius 3 is 2.68 bits per heavy atom. The summed E-state index contributed by atoms with van der Waals surface area (Å²) in [7, 11) is 0. The number of nitrogens with one attached hydrogen (secondary N) is 2. The Balaban J connectivity index is 2.15. The summed E-state index contributed by atoms with van der Waals surface area (Å²) in [5.41, 5.74) is -0.0249. The Labute approximate surface area is 147 Å². The van der Waals surface area contributed by atoms with E-state index in [1.807, 2.05) is 0 Å². The summed E-state index contributed by atoms with van der Waals surface area (Å²) in [6.45, 7) is 0. The number of aromatic hydroxyl groups is 1. The highest BCUT2D eigenvalue weighted by molar-refractivity contribution is 6.32. The Hall–Kier alpha value is -3.57. The van der Waals surface area contributed by atoms with E-state index in [0.717, 1.165) is 12.3 Å². The minimum absolute atomic E-state index is 0.0230. The second-order valence-corrected chi connectivity index (χ2v) is 5.15. The number of amides is 1. The molecule has 0 aromatic heterocycles. The van der Waals surface area contributed by atoms with Gasteiger partial charge in [0.25, 0.3) is 11.6 Å². The largest absolute Gasteiger partial charge is 0.508 e. The molecule has 126 valence electrons. The lowest BCUT2D eigenvalue weighted by Crippen LogP contribution is -2.14. The van der Waals surface area contributed by atoms with E-state index in [0.29, 0.717) is 5.69 Å². The van der Waals surface area contributed by atoms with Crippen LogP contribution < -0.4 is 10.6 Å². The van der Waals surface area contributed by atoms with Crippen molar-refractivity contribution in [2.75, 3.05) is 10.6 Å². The van der Waals surface area contributed by atoms with Crippen LogP contribution in [-0.2, 0) is 4.79 Å². The third kappa shape index (κ3) is 4.70. The van der Waals surface area contributed by atoms with Crippen molar-refractivity contribution < 1.29 is 14.8 Å². The number of nitriles is 1. The normalized spacial score (nSPS) is 10.6. The number of hydrogen-bond acceptors (Lipinski definition) is 6. The van der Waals surface area contributed by atoms with Crippen LogP contribution in [-0.4, -0.2) is 15.9 Å². The molecule has 8 nitrogen and oxygen atoms in total. The fourth-order valence-corrected chi connectivity index (χ4v) is 2.02. The van der Waals surface area contributed by atoms with Gasteiger partial charge in [-0.2, -0.15) is 5.26 Å². The van der Waals surface area contributed by atoms with Crippen LogP contribution in [0.3, 0.4) is 0 Å². The van der Waals surface area contributed by atoms with Gasteiger partial charge < -0.3 is 15.7 Å². The molecule has 2 rings (SSSR count). The zero-order valence-corrected chi connectivity index (χ0v) is 13.3. The van der Waals surface area contributed by atoms with E-state index in [9.17, 15) is 20.0 Å². The van der Waals surface area contributed by atoms with Gasteiger partial charge in [-0.05, 0) is 24.3 Å². The summed E-state index contributed by atoms with van der Waals surface area (Å²) in [5.74, 6) is -0.735. The van der Waals surface area contributed by atoms with E-state index in [-0.39, 0.29) is 27.7 Å². The number of rotatable bonds is 5. The molecular formula is C16H11ClN4O4. The lowest BCUT2D eigenvalue weighted by atomic mass is 10.2. The molecule has 2 aromatic carbocycles. The molecule has 0 aliphatic rings. The van der Waals surface area contributed by atoms with Crippen LogP contribution in [0.1, 0.15) is 0 Å². The summed E-state index contributed by atoms with van der Waals surface area (Å²) in [5, 5.41) is 34.3. The lowest BCUT2D eigenvalue weighted by Gasteiger charge is -2.06. The predicted molar refractivity (Wildman–Crippen MR) is 92.2 cm³/mol. The van der Waals surface area contributed by atoms with Gasteiger partial charge in [-0.3, -0.25) is 14.9 Å². The first-order valence-corrected chi connectivity index (χ1v) is 7.19. The second-order valence-electron chi connectivity index (χ2n) is 4.74. The van der Waals surface area contributed by atoms with Gasteiger partial charge in [0.2, 0.25) is 0 Å². The van der Waals surface area contributed by atoms with Crippen molar-refractivity contribution in [3.05, 3.63) is 69.4 Å². The number of phenols is 1. The molecule has 0 bridgehead atoms. The van der Waals surface area contributed by atoms with E-state index in [2.05, 4.69) is 10.6 Å². The molecule has 0 radical (unpaired) electrons. The van der Waals surface area contributed by atoms with Crippen LogP contribution >= 0.6 is 11.6 Å². The molecule has 2 aromatic rings. The number of halogens is 1. The second kappa shape index (κ2) is 7.81. The Morgan fingerprint density at radius 1 is 1.28 bits per heavy atom. The summed E-state index contributed by atoms with van der Waals surface area (Å²) >= 11 is 5.70. The molecule has 0 heterocycles. The van der Waals surface area contributed by atoms with Crippen molar-refractivity contribution in [1.82, 2.24) is 0 Å². The zero-order valence-electron chi connectivity index (χ0n) is 12.6. The molecule has 0 spiro atoms. The maximum Gasteiger partial charge on any atom is 0.289 e. The van der Waals surface area contributed by atoms with Crippen LogP contribution in [0.4, 0.5) is 17.1 Å². The molecule has 0 aliphatic heterocycles. The van der Waals surface area contributed by atoms with Gasteiger partial charge in [-0.1, -0.05) is 17.7 Å². The molecule has 0 saturated heterocycles. The van der Waals surface area contributed by atoms with Crippen molar-refractivity contribution in [2.24, 2.45) is 0 Å². The van der Waals surface area contributed by atoms with E-state index in [4.69, 9.17) is 16.9 Å². The minimum atomic E-state index is -0.758. The van der Waals surface area contributed by atoms with Gasteiger partial charge >= 0.3 is 0 Å². The number of carbonyl (C=O) groups is 1. The number of nitro benzene ring substituents is 1. The minimum Gasteiger partial charge on any atom is -0.508 e. The third-order valence-electron chi connectivity index (χ3n) is 3.00. The highest BCUT2D eigenvalue weighted by atomic mass is 35.5. The van der Waals surface area contributed by atoms with Crippen LogP contribution in [0.15, 0.2) is 54.2 Å². The van der Waals surface area contributed by atoms with Crippen LogP contribution in [0.5, 0.6) is 5.75 Å². The average molecular weight is 359 g/mol. The zero-order chi connectivity index (χ0) is 18.4. The highest BCUT2D eigenvalue weighted by Gasteiger charge is 2.15. The maximum atomic E-state index is 12.1. The van der Waals surface area contributed by atoms with Gasteiger partial charge in [-0.15, -0.1) is 0 Å². The molecule has 0 aliphatic carbocycles. The van der Waals surface area contributed by atoms with E-state index in [1.165, 1.54) is 24.3 Å². The average Bonchev–Trinajstić information content (AvgIpc) is 2.57. The number of nitrogens with zero attached hydrogens (tertiary/aromatic N) is 2. The molecule has 0 atom stereocenters. The SMILES string of the molecule is N#C/C(=C/Nc1cccc(O)c1)C(=O)Nc1ccc(Cl)c([N+](=O)[O-])c1. The summed E-state index contributed by atoms with van der Waals surface area (Å²) < 4.78 is 0. The monoisotopic (exact) mass is 358 g/mol. The van der Waals surface area contributed by atoms with Crippen LogP contribution in [0.25, 0.3) is 0 Å². The summed E-state index contributed by atoms with van der Waals surface area (Å²) in [6, 6.07) is 11.6. The molecule has 0 fully saturated rings.